The molecule has 19 heavy (non-hydrogen) atoms. The molecule has 0 aliphatic carbocycles. The van der Waals surface area contributed by atoms with E-state index < -0.39 is 12.6 Å². The Hall–Kier alpha value is -1.20. The van der Waals surface area contributed by atoms with E-state index in [-0.39, 0.29) is 0 Å². The highest BCUT2D eigenvalue weighted by Gasteiger charge is 2.17. The van der Waals surface area contributed by atoms with E-state index in [1.807, 2.05) is 0 Å². The molecule has 0 fully saturated rings. The first-order chi connectivity index (χ1) is 9.28. The third-order valence-corrected chi connectivity index (χ3v) is 1.98. The molecule has 0 saturated carbocycles. The second kappa shape index (κ2) is 13.2. The number of ether oxygens (including phenoxy) is 4. The Morgan fingerprint density at radius 2 is 0.842 bits per heavy atom. The SMILES string of the molecule is C=CCOC(CC(OCC=C)OCC=C)OCC=C. The van der Waals surface area contributed by atoms with E-state index >= 15 is 0 Å². The second-order valence-corrected chi connectivity index (χ2v) is 3.58. The van der Waals surface area contributed by atoms with Crippen molar-refractivity contribution in [3.8, 4) is 0 Å². The molecule has 0 N–H and O–H groups in total. The summed E-state index contributed by atoms with van der Waals surface area (Å²) in [5.41, 5.74) is 0. The summed E-state index contributed by atoms with van der Waals surface area (Å²) in [6, 6.07) is 0. The van der Waals surface area contributed by atoms with Gasteiger partial charge in [0.1, 0.15) is 0 Å². The molecule has 4 nitrogen and oxygen atoms in total. The summed E-state index contributed by atoms with van der Waals surface area (Å²) in [6.45, 7) is 16.0. The van der Waals surface area contributed by atoms with E-state index in [4.69, 9.17) is 18.9 Å². The molecule has 0 aliphatic heterocycles. The van der Waals surface area contributed by atoms with Crippen molar-refractivity contribution in [2.45, 2.75) is 19.0 Å². The Balaban J connectivity index is 4.30. The van der Waals surface area contributed by atoms with Gasteiger partial charge in [0.2, 0.25) is 0 Å². The van der Waals surface area contributed by atoms with Crippen molar-refractivity contribution < 1.29 is 18.9 Å². The maximum Gasteiger partial charge on any atom is 0.163 e. The molecule has 0 amide bonds. The summed E-state index contributed by atoms with van der Waals surface area (Å²) in [7, 11) is 0. The van der Waals surface area contributed by atoms with Gasteiger partial charge in [-0.2, -0.15) is 0 Å². The highest BCUT2D eigenvalue weighted by atomic mass is 16.7. The van der Waals surface area contributed by atoms with E-state index in [2.05, 4.69) is 26.3 Å². The number of hydrogen-bond acceptors (Lipinski definition) is 4. The first kappa shape index (κ1) is 17.8. The lowest BCUT2D eigenvalue weighted by Gasteiger charge is -2.23. The molecular formula is C15H24O4. The van der Waals surface area contributed by atoms with E-state index in [1.165, 1.54) is 0 Å². The van der Waals surface area contributed by atoms with E-state index in [0.717, 1.165) is 0 Å². The van der Waals surface area contributed by atoms with Crippen LogP contribution in [0.2, 0.25) is 0 Å². The molecule has 0 radical (unpaired) electrons. The molecule has 0 aromatic rings. The second-order valence-electron chi connectivity index (χ2n) is 3.58. The van der Waals surface area contributed by atoms with Crippen LogP contribution in [-0.4, -0.2) is 39.0 Å². The van der Waals surface area contributed by atoms with Crippen LogP contribution in [0.4, 0.5) is 0 Å². The van der Waals surface area contributed by atoms with E-state index in [1.54, 1.807) is 24.3 Å². The van der Waals surface area contributed by atoms with Crippen molar-refractivity contribution in [3.05, 3.63) is 50.6 Å². The van der Waals surface area contributed by atoms with Gasteiger partial charge in [-0.15, -0.1) is 26.3 Å². The summed E-state index contributed by atoms with van der Waals surface area (Å²) in [5.74, 6) is 0. The van der Waals surface area contributed by atoms with Gasteiger partial charge in [-0.1, -0.05) is 24.3 Å². The van der Waals surface area contributed by atoms with Gasteiger partial charge in [-0.25, -0.2) is 0 Å². The lowest BCUT2D eigenvalue weighted by Crippen LogP contribution is -2.28. The van der Waals surface area contributed by atoms with Crippen LogP contribution in [-0.2, 0) is 18.9 Å². The molecule has 0 heterocycles. The highest BCUT2D eigenvalue weighted by molar-refractivity contribution is 4.70. The summed E-state index contributed by atoms with van der Waals surface area (Å²) < 4.78 is 21.9. The summed E-state index contributed by atoms with van der Waals surface area (Å²) in [5, 5.41) is 0. The van der Waals surface area contributed by atoms with Crippen molar-refractivity contribution in [1.82, 2.24) is 0 Å². The van der Waals surface area contributed by atoms with Gasteiger partial charge < -0.3 is 18.9 Å². The molecule has 0 aliphatic rings. The van der Waals surface area contributed by atoms with Crippen molar-refractivity contribution >= 4 is 0 Å². The van der Waals surface area contributed by atoms with Crippen LogP contribution >= 0.6 is 0 Å². The standard InChI is InChI=1S/C15H24O4/c1-5-9-16-14(17-10-6-2)13-15(18-11-7-3)19-12-8-4/h5-8,14-15H,1-4,9-13H2. The fraction of sp³-hybridized carbons (Fsp3) is 0.467. The van der Waals surface area contributed by atoms with Crippen LogP contribution in [0.25, 0.3) is 0 Å². The third-order valence-electron chi connectivity index (χ3n) is 1.98. The van der Waals surface area contributed by atoms with Crippen molar-refractivity contribution in [2.75, 3.05) is 26.4 Å². The number of rotatable bonds is 14. The first-order valence-electron chi connectivity index (χ1n) is 6.18. The average molecular weight is 268 g/mol. The Morgan fingerprint density at radius 3 is 1.05 bits per heavy atom. The predicted molar refractivity (Wildman–Crippen MR) is 76.8 cm³/mol. The quantitative estimate of drug-likeness (QED) is 0.358. The fourth-order valence-electron chi connectivity index (χ4n) is 1.23. The van der Waals surface area contributed by atoms with Gasteiger partial charge in [-0.3, -0.25) is 0 Å². The first-order valence-corrected chi connectivity index (χ1v) is 6.18. The van der Waals surface area contributed by atoms with Gasteiger partial charge in [0.15, 0.2) is 12.6 Å². The molecule has 0 bridgehead atoms. The largest absolute Gasteiger partial charge is 0.348 e. The fourth-order valence-corrected chi connectivity index (χ4v) is 1.23. The summed E-state index contributed by atoms with van der Waals surface area (Å²) in [6.07, 6.45) is 6.22. The van der Waals surface area contributed by atoms with E-state index in [9.17, 15) is 0 Å². The topological polar surface area (TPSA) is 36.9 Å². The monoisotopic (exact) mass is 268 g/mol. The molecule has 0 aromatic heterocycles. The highest BCUT2D eigenvalue weighted by Crippen LogP contribution is 2.10. The molecule has 0 saturated heterocycles. The molecule has 108 valence electrons. The number of hydrogen-bond donors (Lipinski definition) is 0. The van der Waals surface area contributed by atoms with E-state index in [0.29, 0.717) is 32.8 Å². The van der Waals surface area contributed by atoms with Crippen LogP contribution in [0.3, 0.4) is 0 Å². The third kappa shape index (κ3) is 10.4. The zero-order chi connectivity index (χ0) is 14.3. The Bertz CT molecular complexity index is 213. The minimum atomic E-state index is -0.435. The lowest BCUT2D eigenvalue weighted by molar-refractivity contribution is -0.200. The normalized spacial score (nSPS) is 10.6. The molecular weight excluding hydrogens is 244 g/mol. The van der Waals surface area contributed by atoms with Gasteiger partial charge in [0.05, 0.1) is 26.4 Å². The van der Waals surface area contributed by atoms with Crippen LogP contribution in [0, 0.1) is 0 Å². The molecule has 4 heteroatoms. The van der Waals surface area contributed by atoms with Crippen molar-refractivity contribution in [2.24, 2.45) is 0 Å². The minimum Gasteiger partial charge on any atom is -0.348 e. The van der Waals surface area contributed by atoms with Crippen LogP contribution < -0.4 is 0 Å². The van der Waals surface area contributed by atoms with Gasteiger partial charge in [0, 0.05) is 6.42 Å². The van der Waals surface area contributed by atoms with Crippen molar-refractivity contribution in [1.29, 1.82) is 0 Å². The van der Waals surface area contributed by atoms with Crippen LogP contribution in [0.1, 0.15) is 6.42 Å². The molecule has 0 spiro atoms. The lowest BCUT2D eigenvalue weighted by atomic mass is 10.4. The maximum absolute atomic E-state index is 5.48. The minimum absolute atomic E-state index is 0.400. The smallest absolute Gasteiger partial charge is 0.163 e. The van der Waals surface area contributed by atoms with Crippen molar-refractivity contribution in [3.63, 3.8) is 0 Å². The predicted octanol–water partition coefficient (Wildman–Crippen LogP) is 2.84. The molecule has 0 atom stereocenters. The maximum atomic E-state index is 5.48. The van der Waals surface area contributed by atoms with Crippen LogP contribution in [0.15, 0.2) is 50.6 Å². The zero-order valence-electron chi connectivity index (χ0n) is 11.5. The Labute approximate surface area is 116 Å². The molecule has 0 unspecified atom stereocenters. The van der Waals surface area contributed by atoms with Gasteiger partial charge in [-0.05, 0) is 0 Å². The molecule has 0 aromatic carbocycles. The summed E-state index contributed by atoms with van der Waals surface area (Å²) >= 11 is 0. The van der Waals surface area contributed by atoms with Gasteiger partial charge in [0.25, 0.3) is 0 Å². The summed E-state index contributed by atoms with van der Waals surface area (Å²) in [4.78, 5) is 0. The van der Waals surface area contributed by atoms with Gasteiger partial charge >= 0.3 is 0 Å². The zero-order valence-corrected chi connectivity index (χ0v) is 11.5. The van der Waals surface area contributed by atoms with Crippen LogP contribution in [0.5, 0.6) is 0 Å². The molecule has 0 rings (SSSR count). The average Bonchev–Trinajstić information content (AvgIpc) is 2.44. The Kier molecular flexibility index (Phi) is 12.4. The Morgan fingerprint density at radius 1 is 0.579 bits per heavy atom.